The Morgan fingerprint density at radius 2 is 1.29 bits per heavy atom. The molecule has 0 amide bonds. The molecule has 0 saturated heterocycles. The van der Waals surface area contributed by atoms with Gasteiger partial charge in [0.2, 0.25) is 0 Å². The summed E-state index contributed by atoms with van der Waals surface area (Å²) >= 11 is 0. The van der Waals surface area contributed by atoms with E-state index in [4.69, 9.17) is 8.92 Å². The molecule has 0 unspecified atom stereocenters. The Bertz CT molecular complexity index is 33.9. The molecule has 7 heavy (non-hydrogen) atoms. The predicted octanol–water partition coefficient (Wildman–Crippen LogP) is -0.537. The van der Waals surface area contributed by atoms with E-state index in [0.29, 0.717) is 0 Å². The monoisotopic (exact) mass is 167 g/mol. The first-order valence-electron chi connectivity index (χ1n) is 0.908. The van der Waals surface area contributed by atoms with Crippen LogP contribution in [-0.2, 0) is 36.1 Å². The van der Waals surface area contributed by atoms with Crippen molar-refractivity contribution in [3.8, 4) is 0 Å². The summed E-state index contributed by atoms with van der Waals surface area (Å²) in [4.78, 5) is 0. The Morgan fingerprint density at radius 1 is 1.29 bits per heavy atom. The molecule has 0 fully saturated rings. The standard InChI is InChI=1S/CH3Si.O2Si.O.Ti/c1-2;1-3-2;;/h1H3;;;/q+3;;-2;+4. The van der Waals surface area contributed by atoms with E-state index in [1.54, 1.807) is 6.55 Å². The average molecular weight is 167 g/mol. The van der Waals surface area contributed by atoms with Crippen molar-refractivity contribution in [1.29, 1.82) is 0 Å². The van der Waals surface area contributed by atoms with Crippen LogP contribution in [0.5, 0.6) is 0 Å². The van der Waals surface area contributed by atoms with E-state index < -0.39 is 9.29 Å². The van der Waals surface area contributed by atoms with Crippen LogP contribution in [0.1, 0.15) is 0 Å². The van der Waals surface area contributed by atoms with Gasteiger partial charge in [0, 0.05) is 0 Å². The minimum atomic E-state index is -1.42. The quantitative estimate of drug-likeness (QED) is 0.455. The molecule has 0 spiro atoms. The second-order valence-corrected chi connectivity index (χ2v) is 0.250. The molecule has 0 aliphatic heterocycles. The molecule has 32 valence electrons. The van der Waals surface area contributed by atoms with Gasteiger partial charge in [0.1, 0.15) is 0 Å². The van der Waals surface area contributed by atoms with Crippen molar-refractivity contribution in [2.75, 3.05) is 0 Å². The number of rotatable bonds is 0. The first kappa shape index (κ1) is 25.2. The van der Waals surface area contributed by atoms with Crippen LogP contribution < -0.4 is 0 Å². The summed E-state index contributed by atoms with van der Waals surface area (Å²) in [7, 11) is 1.56. The second kappa shape index (κ2) is 74.9. The van der Waals surface area contributed by atoms with E-state index in [1.165, 1.54) is 0 Å². The molecule has 0 aromatic heterocycles. The molecule has 0 saturated carbocycles. The molecule has 0 aromatic carbocycles. The smallest absolute Gasteiger partial charge is 2.00 e. The zero-order valence-corrected chi connectivity index (χ0v) is 7.29. The first-order valence-corrected chi connectivity index (χ1v) is 2.72. The summed E-state index contributed by atoms with van der Waals surface area (Å²) in [6, 6.07) is 0. The van der Waals surface area contributed by atoms with Crippen LogP contribution in [-0.4, -0.2) is 19.5 Å². The van der Waals surface area contributed by atoms with Crippen molar-refractivity contribution >= 4 is 19.5 Å². The Labute approximate surface area is 62.4 Å². The van der Waals surface area contributed by atoms with Crippen molar-refractivity contribution in [2.45, 2.75) is 6.55 Å². The van der Waals surface area contributed by atoms with Gasteiger partial charge in [0.05, 0.1) is 0 Å². The first-order chi connectivity index (χ1) is 2.41. The topological polar surface area (TPSA) is 62.6 Å². The van der Waals surface area contributed by atoms with E-state index in [0.717, 1.165) is 0 Å². The Morgan fingerprint density at radius 3 is 1.29 bits per heavy atom. The molecule has 0 aliphatic carbocycles. The summed E-state index contributed by atoms with van der Waals surface area (Å²) in [5, 5.41) is 0. The molecule has 0 atom stereocenters. The second-order valence-electron chi connectivity index (χ2n) is 0.0833. The van der Waals surface area contributed by atoms with Crippen LogP contribution in [0.3, 0.4) is 0 Å². The molecule has 0 bridgehead atoms. The van der Waals surface area contributed by atoms with E-state index in [2.05, 4.69) is 10.2 Å². The molecule has 0 aromatic rings. The molecule has 6 heteroatoms. The van der Waals surface area contributed by atoms with Crippen molar-refractivity contribution in [1.82, 2.24) is 0 Å². The van der Waals surface area contributed by atoms with Crippen LogP contribution in [0, 0.1) is 0 Å². The summed E-state index contributed by atoms with van der Waals surface area (Å²) in [5.41, 5.74) is 0. The fourth-order valence-corrected chi connectivity index (χ4v) is 0. The molecule has 0 heterocycles. The fraction of sp³-hybridized carbons (Fsp3) is 1.00. The van der Waals surface area contributed by atoms with Gasteiger partial charge in [-0.15, -0.1) is 0 Å². The van der Waals surface area contributed by atoms with Gasteiger partial charge in [-0.2, -0.15) is 0 Å². The van der Waals surface area contributed by atoms with E-state index in [9.17, 15) is 0 Å². The van der Waals surface area contributed by atoms with Crippen LogP contribution in [0.4, 0.5) is 0 Å². The Kier molecular flexibility index (Phi) is 270. The maximum Gasteiger partial charge on any atom is 4.00 e. The van der Waals surface area contributed by atoms with Crippen molar-refractivity contribution in [3.63, 3.8) is 0 Å². The third kappa shape index (κ3) is 297. The number of hydrogen-bond donors (Lipinski definition) is 0. The molecular weight excluding hydrogens is 164 g/mol. The van der Waals surface area contributed by atoms with Gasteiger partial charge < -0.3 is 5.48 Å². The third-order valence-corrected chi connectivity index (χ3v) is 0. The Balaban J connectivity index is -0.0000000105. The SMILES string of the molecule is C[Si+3].O=[Si]=O.[O-2].[Ti+4]. The van der Waals surface area contributed by atoms with Gasteiger partial charge in [0.15, 0.2) is 0 Å². The molecule has 0 aliphatic rings. The van der Waals surface area contributed by atoms with E-state index in [1.807, 2.05) is 0 Å². The maximum absolute atomic E-state index is 8.40. The van der Waals surface area contributed by atoms with Crippen LogP contribution in [0.25, 0.3) is 0 Å². The largest absolute Gasteiger partial charge is 4.00 e. The van der Waals surface area contributed by atoms with E-state index in [-0.39, 0.29) is 27.2 Å². The van der Waals surface area contributed by atoms with Crippen LogP contribution in [0.2, 0.25) is 6.55 Å². The molecule has 0 radical (unpaired) electrons. The van der Waals surface area contributed by atoms with Gasteiger partial charge in [-0.3, -0.25) is 8.92 Å². The zero-order valence-electron chi connectivity index (χ0n) is 3.72. The van der Waals surface area contributed by atoms with Crippen molar-refractivity contribution in [3.05, 3.63) is 0 Å². The van der Waals surface area contributed by atoms with Gasteiger partial charge >= 0.3 is 47.8 Å². The maximum atomic E-state index is 8.40. The summed E-state index contributed by atoms with van der Waals surface area (Å²) in [6.07, 6.45) is 0. The van der Waals surface area contributed by atoms with Gasteiger partial charge in [-0.25, -0.2) is 0 Å². The summed E-state index contributed by atoms with van der Waals surface area (Å²) in [6.45, 7) is 1.81. The average Bonchev–Trinajstić information content (AvgIpc) is 1.46. The molecular formula is CH3O3Si2Ti+5. The zero-order chi connectivity index (χ0) is 4.71. The summed E-state index contributed by atoms with van der Waals surface area (Å²) < 4.78 is 16.8. The predicted molar refractivity (Wildman–Crippen MR) is 19.4 cm³/mol. The minimum absolute atomic E-state index is 0. The van der Waals surface area contributed by atoms with Crippen molar-refractivity contribution < 1.29 is 36.1 Å². The van der Waals surface area contributed by atoms with Gasteiger partial charge in [-0.1, -0.05) is 0 Å². The Hall–Kier alpha value is 0.708. The fourth-order valence-electron chi connectivity index (χ4n) is 0. The molecule has 0 N–H and O–H groups in total. The minimum Gasteiger partial charge on any atom is -2.00 e. The normalized spacial score (nSPS) is 2.14. The summed E-state index contributed by atoms with van der Waals surface area (Å²) in [5.74, 6) is 0. The molecule has 3 nitrogen and oxygen atoms in total. The van der Waals surface area contributed by atoms with Crippen LogP contribution in [0.15, 0.2) is 0 Å². The van der Waals surface area contributed by atoms with Crippen molar-refractivity contribution in [2.24, 2.45) is 0 Å². The third-order valence-electron chi connectivity index (χ3n) is 0. The molecule has 0 rings (SSSR count). The number of hydrogen-bond acceptors (Lipinski definition) is 2. The van der Waals surface area contributed by atoms with Crippen LogP contribution >= 0.6 is 0 Å². The van der Waals surface area contributed by atoms with E-state index >= 15 is 0 Å². The van der Waals surface area contributed by atoms with Gasteiger partial charge in [-0.05, 0) is 0 Å². The van der Waals surface area contributed by atoms with Gasteiger partial charge in [0.25, 0.3) is 0 Å².